The molecule has 0 aromatic heterocycles. The molecule has 11 heavy (non-hydrogen) atoms. The first kappa shape index (κ1) is 11.6. The number of halogens is 2. The lowest BCUT2D eigenvalue weighted by Gasteiger charge is -2.13. The molecule has 68 valence electrons. The summed E-state index contributed by atoms with van der Waals surface area (Å²) in [5.74, 6) is 1.44. The summed E-state index contributed by atoms with van der Waals surface area (Å²) in [5.41, 5.74) is 0. The molecule has 0 radical (unpaired) electrons. The fourth-order valence-corrected chi connectivity index (χ4v) is 2.07. The predicted octanol–water partition coefficient (Wildman–Crippen LogP) is 4.05. The van der Waals surface area contributed by atoms with Gasteiger partial charge in [-0.05, 0) is 25.2 Å². The largest absolute Gasteiger partial charge is 0.127 e. The van der Waals surface area contributed by atoms with Crippen molar-refractivity contribution in [2.75, 3.05) is 5.88 Å². The van der Waals surface area contributed by atoms with E-state index in [4.69, 9.17) is 23.2 Å². The van der Waals surface area contributed by atoms with Crippen LogP contribution >= 0.6 is 23.2 Å². The first-order valence-corrected chi connectivity index (χ1v) is 5.37. The topological polar surface area (TPSA) is 0 Å². The van der Waals surface area contributed by atoms with Crippen molar-refractivity contribution in [2.24, 2.45) is 5.92 Å². The van der Waals surface area contributed by atoms with E-state index in [0.29, 0.717) is 11.3 Å². The van der Waals surface area contributed by atoms with E-state index >= 15 is 0 Å². The molecule has 0 N–H and O–H groups in total. The number of hydrogen-bond donors (Lipinski definition) is 0. The Hall–Kier alpha value is 0.580. The van der Waals surface area contributed by atoms with Crippen molar-refractivity contribution >= 4 is 23.2 Å². The molecule has 2 unspecified atom stereocenters. The van der Waals surface area contributed by atoms with Crippen LogP contribution in [-0.2, 0) is 0 Å². The number of rotatable bonds is 6. The van der Waals surface area contributed by atoms with Crippen LogP contribution in [0.3, 0.4) is 0 Å². The second-order valence-electron chi connectivity index (χ2n) is 3.20. The molecular weight excluding hydrogens is 179 g/mol. The van der Waals surface area contributed by atoms with Crippen molar-refractivity contribution in [2.45, 2.75) is 44.9 Å². The van der Waals surface area contributed by atoms with Gasteiger partial charge in [0.05, 0.1) is 0 Å². The van der Waals surface area contributed by atoms with Crippen LogP contribution in [0.5, 0.6) is 0 Å². The Kier molecular flexibility index (Phi) is 7.62. The summed E-state index contributed by atoms with van der Waals surface area (Å²) in [6.07, 6.45) is 4.52. The molecule has 0 aliphatic carbocycles. The Labute approximate surface area is 80.3 Å². The zero-order chi connectivity index (χ0) is 8.69. The summed E-state index contributed by atoms with van der Waals surface area (Å²) in [5, 5.41) is 0.359. The highest BCUT2D eigenvalue weighted by Crippen LogP contribution is 2.18. The highest BCUT2D eigenvalue weighted by atomic mass is 35.5. The van der Waals surface area contributed by atoms with Gasteiger partial charge >= 0.3 is 0 Å². The van der Waals surface area contributed by atoms with E-state index < -0.39 is 0 Å². The fourth-order valence-electron chi connectivity index (χ4n) is 1.17. The smallest absolute Gasteiger partial charge is 0.0338 e. The van der Waals surface area contributed by atoms with Crippen molar-refractivity contribution in [1.29, 1.82) is 0 Å². The van der Waals surface area contributed by atoms with Crippen LogP contribution in [0, 0.1) is 5.92 Å². The van der Waals surface area contributed by atoms with Gasteiger partial charge in [-0.2, -0.15) is 0 Å². The maximum atomic E-state index is 6.07. The minimum atomic E-state index is 0.359. The van der Waals surface area contributed by atoms with Crippen LogP contribution in [0.2, 0.25) is 0 Å². The molecule has 2 atom stereocenters. The van der Waals surface area contributed by atoms with E-state index in [0.717, 1.165) is 25.1 Å². The summed E-state index contributed by atoms with van der Waals surface area (Å²) in [4.78, 5) is 0. The molecule has 0 spiro atoms. The lowest BCUT2D eigenvalue weighted by molar-refractivity contribution is 0.490. The maximum Gasteiger partial charge on any atom is 0.0338 e. The van der Waals surface area contributed by atoms with Gasteiger partial charge in [0.1, 0.15) is 0 Å². The molecule has 0 fully saturated rings. The lowest BCUT2D eigenvalue weighted by atomic mass is 10.0. The Bertz CT molecular complexity index is 73.6. The molecule has 0 nitrogen and oxygen atoms in total. The van der Waals surface area contributed by atoms with Crippen molar-refractivity contribution in [1.82, 2.24) is 0 Å². The molecule has 0 heterocycles. The van der Waals surface area contributed by atoms with E-state index in [9.17, 15) is 0 Å². The van der Waals surface area contributed by atoms with Crippen molar-refractivity contribution < 1.29 is 0 Å². The molecule has 2 heteroatoms. The summed E-state index contributed by atoms with van der Waals surface area (Å²) in [6.45, 7) is 4.38. The highest BCUT2D eigenvalue weighted by molar-refractivity contribution is 6.20. The SMILES string of the molecule is CCCC(Cl)CC(C)CCCl. The van der Waals surface area contributed by atoms with Crippen molar-refractivity contribution in [3.8, 4) is 0 Å². The molecule has 0 rings (SSSR count). The maximum absolute atomic E-state index is 6.07. The van der Waals surface area contributed by atoms with Crippen LogP contribution in [0.15, 0.2) is 0 Å². The first-order chi connectivity index (χ1) is 5.20. The van der Waals surface area contributed by atoms with Crippen molar-refractivity contribution in [3.63, 3.8) is 0 Å². The zero-order valence-corrected chi connectivity index (χ0v) is 8.96. The highest BCUT2D eigenvalue weighted by Gasteiger charge is 2.08. The molecule has 0 saturated carbocycles. The summed E-state index contributed by atoms with van der Waals surface area (Å²) >= 11 is 11.7. The van der Waals surface area contributed by atoms with E-state index in [2.05, 4.69) is 13.8 Å². The Balaban J connectivity index is 3.32. The second kappa shape index (κ2) is 7.24. The number of hydrogen-bond acceptors (Lipinski definition) is 0. The Morgan fingerprint density at radius 3 is 2.36 bits per heavy atom. The molecular formula is C9H18Cl2. The van der Waals surface area contributed by atoms with E-state index in [1.54, 1.807) is 0 Å². The Morgan fingerprint density at radius 2 is 1.91 bits per heavy atom. The van der Waals surface area contributed by atoms with Gasteiger partial charge in [-0.25, -0.2) is 0 Å². The van der Waals surface area contributed by atoms with Gasteiger partial charge in [0.15, 0.2) is 0 Å². The van der Waals surface area contributed by atoms with Gasteiger partial charge in [-0.1, -0.05) is 20.3 Å². The van der Waals surface area contributed by atoms with Crippen LogP contribution in [0.25, 0.3) is 0 Å². The van der Waals surface area contributed by atoms with Crippen molar-refractivity contribution in [3.05, 3.63) is 0 Å². The molecule has 0 bridgehead atoms. The normalized spacial score (nSPS) is 16.4. The molecule has 0 aromatic carbocycles. The lowest BCUT2D eigenvalue weighted by Crippen LogP contribution is -2.06. The van der Waals surface area contributed by atoms with Gasteiger partial charge < -0.3 is 0 Å². The van der Waals surface area contributed by atoms with E-state index in [1.807, 2.05) is 0 Å². The third kappa shape index (κ3) is 6.96. The summed E-state index contributed by atoms with van der Waals surface area (Å²) < 4.78 is 0. The quantitative estimate of drug-likeness (QED) is 0.563. The summed E-state index contributed by atoms with van der Waals surface area (Å²) in [6, 6.07) is 0. The minimum Gasteiger partial charge on any atom is -0.127 e. The molecule has 0 aliphatic heterocycles. The molecule has 0 aromatic rings. The van der Waals surface area contributed by atoms with Gasteiger partial charge in [0.2, 0.25) is 0 Å². The standard InChI is InChI=1S/C9H18Cl2/c1-3-4-9(11)7-8(2)5-6-10/h8-9H,3-7H2,1-2H3. The first-order valence-electron chi connectivity index (χ1n) is 4.40. The zero-order valence-electron chi connectivity index (χ0n) is 7.45. The minimum absolute atomic E-state index is 0.359. The van der Waals surface area contributed by atoms with Gasteiger partial charge in [0, 0.05) is 11.3 Å². The van der Waals surface area contributed by atoms with Crippen LogP contribution in [0.1, 0.15) is 39.5 Å². The number of alkyl halides is 2. The van der Waals surface area contributed by atoms with Crippen LogP contribution in [0.4, 0.5) is 0 Å². The average Bonchev–Trinajstić information content (AvgIpc) is 1.87. The molecule has 0 amide bonds. The molecule has 0 saturated heterocycles. The second-order valence-corrected chi connectivity index (χ2v) is 4.20. The fraction of sp³-hybridized carbons (Fsp3) is 1.00. The third-order valence-corrected chi connectivity index (χ3v) is 2.48. The monoisotopic (exact) mass is 196 g/mol. The summed E-state index contributed by atoms with van der Waals surface area (Å²) in [7, 11) is 0. The predicted molar refractivity (Wildman–Crippen MR) is 53.7 cm³/mol. The van der Waals surface area contributed by atoms with E-state index in [-0.39, 0.29) is 0 Å². The van der Waals surface area contributed by atoms with E-state index in [1.165, 1.54) is 6.42 Å². The Morgan fingerprint density at radius 1 is 1.27 bits per heavy atom. The average molecular weight is 197 g/mol. The van der Waals surface area contributed by atoms with Crippen LogP contribution < -0.4 is 0 Å². The van der Waals surface area contributed by atoms with Crippen LogP contribution in [-0.4, -0.2) is 11.3 Å². The van der Waals surface area contributed by atoms with Gasteiger partial charge in [0.25, 0.3) is 0 Å². The van der Waals surface area contributed by atoms with Gasteiger partial charge in [-0.15, -0.1) is 23.2 Å². The molecule has 0 aliphatic rings. The van der Waals surface area contributed by atoms with Gasteiger partial charge in [-0.3, -0.25) is 0 Å². The third-order valence-electron chi connectivity index (χ3n) is 1.86.